The normalized spacial score (nSPS) is 25.0. The number of hydrogen-bond donors (Lipinski definition) is 1. The van der Waals surface area contributed by atoms with Crippen molar-refractivity contribution in [2.75, 3.05) is 44.2 Å². The molecule has 1 aromatic carbocycles. The number of piperazine rings is 1. The summed E-state index contributed by atoms with van der Waals surface area (Å²) in [5.74, 6) is 0.245. The molecule has 24 heavy (non-hydrogen) atoms. The topological polar surface area (TPSA) is 47.0 Å². The molecule has 1 aromatic rings. The SMILES string of the molecule is CCC(CO)N1CCN(C2CCCN(c3ccccc3)C2=O)CC1. The quantitative estimate of drug-likeness (QED) is 0.890. The van der Waals surface area contributed by atoms with Crippen LogP contribution in [0.5, 0.6) is 0 Å². The number of carbonyl (C=O) groups is 1. The predicted molar refractivity (Wildman–Crippen MR) is 96.1 cm³/mol. The molecule has 0 saturated carbocycles. The molecule has 0 bridgehead atoms. The van der Waals surface area contributed by atoms with E-state index in [0.29, 0.717) is 0 Å². The lowest BCUT2D eigenvalue weighted by molar-refractivity contribution is -0.126. The summed E-state index contributed by atoms with van der Waals surface area (Å²) in [6.07, 6.45) is 2.99. The van der Waals surface area contributed by atoms with Gasteiger partial charge in [-0.25, -0.2) is 0 Å². The zero-order valence-electron chi connectivity index (χ0n) is 14.6. The first-order valence-corrected chi connectivity index (χ1v) is 9.20. The number of hydrogen-bond acceptors (Lipinski definition) is 4. The van der Waals surface area contributed by atoms with Crippen LogP contribution in [0.2, 0.25) is 0 Å². The van der Waals surface area contributed by atoms with Gasteiger partial charge in [-0.1, -0.05) is 25.1 Å². The van der Waals surface area contributed by atoms with E-state index < -0.39 is 0 Å². The number of rotatable bonds is 5. The summed E-state index contributed by atoms with van der Waals surface area (Å²) in [7, 11) is 0. The zero-order valence-corrected chi connectivity index (χ0v) is 14.6. The van der Waals surface area contributed by atoms with E-state index in [2.05, 4.69) is 16.7 Å². The molecule has 0 spiro atoms. The molecule has 1 N–H and O–H groups in total. The first-order chi connectivity index (χ1) is 11.7. The summed E-state index contributed by atoms with van der Waals surface area (Å²) in [4.78, 5) is 19.6. The Morgan fingerprint density at radius 3 is 2.46 bits per heavy atom. The van der Waals surface area contributed by atoms with Crippen molar-refractivity contribution < 1.29 is 9.90 Å². The van der Waals surface area contributed by atoms with Crippen molar-refractivity contribution >= 4 is 11.6 Å². The van der Waals surface area contributed by atoms with Crippen LogP contribution in [0.1, 0.15) is 26.2 Å². The van der Waals surface area contributed by atoms with Gasteiger partial charge >= 0.3 is 0 Å². The van der Waals surface area contributed by atoms with E-state index in [0.717, 1.165) is 57.7 Å². The maximum atomic E-state index is 13.0. The van der Waals surface area contributed by atoms with E-state index in [9.17, 15) is 9.90 Å². The Morgan fingerprint density at radius 2 is 1.83 bits per heavy atom. The van der Waals surface area contributed by atoms with Gasteiger partial charge in [0, 0.05) is 44.5 Å². The van der Waals surface area contributed by atoms with Crippen molar-refractivity contribution in [3.05, 3.63) is 30.3 Å². The number of piperidine rings is 1. The largest absolute Gasteiger partial charge is 0.395 e. The summed E-state index contributed by atoms with van der Waals surface area (Å²) in [6, 6.07) is 10.3. The molecule has 0 aliphatic carbocycles. The Labute approximate surface area is 144 Å². The molecule has 2 aliphatic heterocycles. The van der Waals surface area contributed by atoms with Crippen molar-refractivity contribution in [2.24, 2.45) is 0 Å². The highest BCUT2D eigenvalue weighted by molar-refractivity contribution is 5.97. The number of benzene rings is 1. The van der Waals surface area contributed by atoms with Crippen molar-refractivity contribution in [1.82, 2.24) is 9.80 Å². The second kappa shape index (κ2) is 8.10. The Morgan fingerprint density at radius 1 is 1.12 bits per heavy atom. The molecule has 2 fully saturated rings. The molecule has 2 saturated heterocycles. The third-order valence-corrected chi connectivity index (χ3v) is 5.47. The highest BCUT2D eigenvalue weighted by atomic mass is 16.3. The van der Waals surface area contributed by atoms with Crippen LogP contribution in [-0.4, -0.2) is 72.2 Å². The molecular weight excluding hydrogens is 302 g/mol. The predicted octanol–water partition coefficient (Wildman–Crippen LogP) is 1.57. The van der Waals surface area contributed by atoms with E-state index in [4.69, 9.17) is 0 Å². The van der Waals surface area contributed by atoms with Crippen LogP contribution >= 0.6 is 0 Å². The van der Waals surface area contributed by atoms with E-state index in [1.807, 2.05) is 35.2 Å². The maximum absolute atomic E-state index is 13.0. The average molecular weight is 331 g/mol. The van der Waals surface area contributed by atoms with Gasteiger partial charge in [-0.05, 0) is 31.4 Å². The van der Waals surface area contributed by atoms with Crippen molar-refractivity contribution in [3.8, 4) is 0 Å². The minimum absolute atomic E-state index is 0.00955. The van der Waals surface area contributed by atoms with Crippen molar-refractivity contribution in [2.45, 2.75) is 38.3 Å². The van der Waals surface area contributed by atoms with E-state index in [-0.39, 0.29) is 24.6 Å². The lowest BCUT2D eigenvalue weighted by Gasteiger charge is -2.44. The second-order valence-corrected chi connectivity index (χ2v) is 6.80. The first kappa shape index (κ1) is 17.4. The number of anilines is 1. The summed E-state index contributed by atoms with van der Waals surface area (Å²) in [5.41, 5.74) is 1.01. The summed E-state index contributed by atoms with van der Waals surface area (Å²) < 4.78 is 0. The number of aliphatic hydroxyl groups excluding tert-OH is 1. The third-order valence-electron chi connectivity index (χ3n) is 5.47. The molecule has 2 aliphatic rings. The molecule has 2 unspecified atom stereocenters. The molecule has 2 atom stereocenters. The maximum Gasteiger partial charge on any atom is 0.244 e. The van der Waals surface area contributed by atoms with Crippen LogP contribution < -0.4 is 4.90 Å². The van der Waals surface area contributed by atoms with E-state index >= 15 is 0 Å². The number of carbonyl (C=O) groups excluding carboxylic acids is 1. The number of para-hydroxylation sites is 1. The van der Waals surface area contributed by atoms with Crippen molar-refractivity contribution in [3.63, 3.8) is 0 Å². The van der Waals surface area contributed by atoms with Gasteiger partial charge < -0.3 is 10.0 Å². The molecule has 2 heterocycles. The molecule has 1 amide bonds. The molecular formula is C19H29N3O2. The van der Waals surface area contributed by atoms with Crippen LogP contribution in [-0.2, 0) is 4.79 Å². The minimum atomic E-state index is 0.00955. The average Bonchev–Trinajstić information content (AvgIpc) is 2.64. The van der Waals surface area contributed by atoms with Gasteiger partial charge in [0.2, 0.25) is 5.91 Å². The highest BCUT2D eigenvalue weighted by Gasteiger charge is 2.35. The molecule has 5 heteroatoms. The van der Waals surface area contributed by atoms with Crippen LogP contribution in [0.15, 0.2) is 30.3 Å². The Hall–Kier alpha value is -1.43. The number of nitrogens with zero attached hydrogens (tertiary/aromatic N) is 3. The fourth-order valence-corrected chi connectivity index (χ4v) is 3.98. The van der Waals surface area contributed by atoms with E-state index in [1.54, 1.807) is 0 Å². The first-order valence-electron chi connectivity index (χ1n) is 9.20. The smallest absolute Gasteiger partial charge is 0.244 e. The third kappa shape index (κ3) is 3.63. The highest BCUT2D eigenvalue weighted by Crippen LogP contribution is 2.24. The fourth-order valence-electron chi connectivity index (χ4n) is 3.98. The van der Waals surface area contributed by atoms with Gasteiger partial charge in [-0.2, -0.15) is 0 Å². The van der Waals surface area contributed by atoms with Gasteiger partial charge in [0.15, 0.2) is 0 Å². The van der Waals surface area contributed by atoms with Crippen molar-refractivity contribution in [1.29, 1.82) is 0 Å². The summed E-state index contributed by atoms with van der Waals surface area (Å²) in [6.45, 7) is 6.87. The molecule has 0 aromatic heterocycles. The van der Waals surface area contributed by atoms with Gasteiger partial charge in [0.05, 0.1) is 12.6 Å². The van der Waals surface area contributed by atoms with Crippen LogP contribution in [0.3, 0.4) is 0 Å². The minimum Gasteiger partial charge on any atom is -0.395 e. The zero-order chi connectivity index (χ0) is 16.9. The van der Waals surface area contributed by atoms with E-state index in [1.165, 1.54) is 0 Å². The monoisotopic (exact) mass is 331 g/mol. The van der Waals surface area contributed by atoms with Gasteiger partial charge in [-0.15, -0.1) is 0 Å². The standard InChI is InChI=1S/C19H29N3O2/c1-2-16(15-23)20-11-13-21(14-12-20)18-9-6-10-22(19(18)24)17-7-4-3-5-8-17/h3-5,7-8,16,18,23H,2,6,9-15H2,1H3. The Bertz CT molecular complexity index is 525. The molecule has 132 valence electrons. The van der Waals surface area contributed by atoms with Gasteiger partial charge in [0.1, 0.15) is 0 Å². The van der Waals surface area contributed by atoms with Gasteiger partial charge in [0.25, 0.3) is 0 Å². The lowest BCUT2D eigenvalue weighted by Crippen LogP contribution is -2.59. The lowest BCUT2D eigenvalue weighted by atomic mass is 10.0. The van der Waals surface area contributed by atoms with Crippen LogP contribution in [0.25, 0.3) is 0 Å². The number of amides is 1. The van der Waals surface area contributed by atoms with Crippen LogP contribution in [0.4, 0.5) is 5.69 Å². The number of aliphatic hydroxyl groups is 1. The molecule has 5 nitrogen and oxygen atoms in total. The summed E-state index contributed by atoms with van der Waals surface area (Å²) >= 11 is 0. The second-order valence-electron chi connectivity index (χ2n) is 6.80. The fraction of sp³-hybridized carbons (Fsp3) is 0.632. The Balaban J connectivity index is 1.62. The summed E-state index contributed by atoms with van der Waals surface area (Å²) in [5, 5.41) is 9.48. The molecule has 0 radical (unpaired) electrons. The molecule has 3 rings (SSSR count). The van der Waals surface area contributed by atoms with Crippen LogP contribution in [0, 0.1) is 0 Å². The van der Waals surface area contributed by atoms with Gasteiger partial charge in [-0.3, -0.25) is 14.6 Å². The Kier molecular flexibility index (Phi) is 5.87.